The lowest BCUT2D eigenvalue weighted by Crippen LogP contribution is -2.00. The number of nitrogens with zero attached hydrogens (tertiary/aromatic N) is 1. The molecule has 1 aliphatic heterocycles. The van der Waals surface area contributed by atoms with Crippen LogP contribution in [-0.4, -0.2) is 10.4 Å². The number of Topliss-reactive ketones (excluding diaryl/α,β-unsaturated/α-hetero) is 1. The lowest BCUT2D eigenvalue weighted by molar-refractivity contribution is -0.116. The predicted octanol–water partition coefficient (Wildman–Crippen LogP) is 3.09. The molecule has 0 fully saturated rings. The van der Waals surface area contributed by atoms with Crippen LogP contribution >= 0.6 is 0 Å². The average molecular weight is 270 g/mol. The van der Waals surface area contributed by atoms with Crippen molar-refractivity contribution in [3.8, 4) is 0 Å². The maximum Gasteiger partial charge on any atom is 0.130 e. The Morgan fingerprint density at radius 2 is 2.00 bits per heavy atom. The van der Waals surface area contributed by atoms with Gasteiger partial charge in [-0.15, -0.1) is 0 Å². The highest BCUT2D eigenvalue weighted by atomic mass is 16.1. The minimum Gasteiger partial charge on any atom is -0.345 e. The fraction of sp³-hybridized carbons (Fsp3) is 0.471. The van der Waals surface area contributed by atoms with Gasteiger partial charge >= 0.3 is 0 Å². The molecule has 3 heteroatoms. The number of fused-ring (bicyclic) bond motifs is 2. The first-order chi connectivity index (χ1) is 9.61. The first kappa shape index (κ1) is 13.4. The van der Waals surface area contributed by atoms with Gasteiger partial charge in [0.15, 0.2) is 0 Å². The van der Waals surface area contributed by atoms with Gasteiger partial charge in [0.2, 0.25) is 0 Å². The van der Waals surface area contributed by atoms with Gasteiger partial charge < -0.3 is 14.7 Å². The number of aryl methyl sites for hydroxylation is 2. The van der Waals surface area contributed by atoms with E-state index >= 15 is 0 Å². The molecule has 1 N–H and O–H groups in total. The van der Waals surface area contributed by atoms with Crippen molar-refractivity contribution in [1.82, 2.24) is 9.88 Å². The Labute approximate surface area is 120 Å². The van der Waals surface area contributed by atoms with Crippen LogP contribution in [0.3, 0.4) is 0 Å². The quantitative estimate of drug-likeness (QED) is 0.926. The van der Waals surface area contributed by atoms with E-state index in [9.17, 15) is 4.79 Å². The van der Waals surface area contributed by atoms with E-state index in [2.05, 4.69) is 35.9 Å². The molecule has 1 aliphatic rings. The van der Waals surface area contributed by atoms with Crippen molar-refractivity contribution in [3.05, 3.63) is 34.5 Å². The number of carbonyl (C=O) groups is 1. The van der Waals surface area contributed by atoms with Crippen molar-refractivity contribution >= 4 is 16.7 Å². The molecule has 0 atom stereocenters. The second-order valence-electron chi connectivity index (χ2n) is 5.75. The molecular formula is C17H22N2O. The molecule has 0 amide bonds. The van der Waals surface area contributed by atoms with Crippen molar-refractivity contribution in [2.75, 3.05) is 0 Å². The van der Waals surface area contributed by atoms with Gasteiger partial charge in [0.25, 0.3) is 0 Å². The van der Waals surface area contributed by atoms with Crippen LogP contribution in [0.4, 0.5) is 0 Å². The normalized spacial score (nSPS) is 13.9. The summed E-state index contributed by atoms with van der Waals surface area (Å²) >= 11 is 0. The van der Waals surface area contributed by atoms with E-state index in [0.29, 0.717) is 6.42 Å². The third-order valence-electron chi connectivity index (χ3n) is 4.45. The zero-order valence-electron chi connectivity index (χ0n) is 12.5. The summed E-state index contributed by atoms with van der Waals surface area (Å²) in [6.07, 6.45) is 1.50. The number of nitrogens with one attached hydrogen (secondary N) is 1. The summed E-state index contributed by atoms with van der Waals surface area (Å²) in [5, 5.41) is 4.75. The molecule has 106 valence electrons. The van der Waals surface area contributed by atoms with Crippen LogP contribution in [0.5, 0.6) is 0 Å². The van der Waals surface area contributed by atoms with Crippen LogP contribution < -0.4 is 5.32 Å². The number of carbonyl (C=O) groups excluding carboxylic acids is 1. The summed E-state index contributed by atoms with van der Waals surface area (Å²) in [7, 11) is 0. The standard InChI is InChI=1S/C17H22N2O/c1-4-19-12(3)15(6-5-11(2)20)16-7-13-9-18-10-14(13)8-17(16)19/h7-8,18H,4-6,9-10H2,1-3H3. The first-order valence-corrected chi connectivity index (χ1v) is 7.45. The third kappa shape index (κ3) is 2.06. The van der Waals surface area contributed by atoms with Crippen LogP contribution in [0.15, 0.2) is 12.1 Å². The van der Waals surface area contributed by atoms with Gasteiger partial charge in [0.1, 0.15) is 5.78 Å². The largest absolute Gasteiger partial charge is 0.345 e. The second-order valence-corrected chi connectivity index (χ2v) is 5.75. The molecular weight excluding hydrogens is 248 g/mol. The molecule has 0 aliphatic carbocycles. The fourth-order valence-electron chi connectivity index (χ4n) is 3.36. The number of hydrogen-bond donors (Lipinski definition) is 1. The molecule has 0 radical (unpaired) electrons. The maximum atomic E-state index is 11.3. The summed E-state index contributed by atoms with van der Waals surface area (Å²) in [6.45, 7) is 8.97. The zero-order valence-corrected chi connectivity index (χ0v) is 12.5. The topological polar surface area (TPSA) is 34.0 Å². The second kappa shape index (κ2) is 5.06. The molecule has 20 heavy (non-hydrogen) atoms. The lowest BCUT2D eigenvalue weighted by Gasteiger charge is -2.05. The van der Waals surface area contributed by atoms with E-state index < -0.39 is 0 Å². The minimum absolute atomic E-state index is 0.268. The molecule has 0 unspecified atom stereocenters. The Hall–Kier alpha value is -1.61. The van der Waals surface area contributed by atoms with Crippen molar-refractivity contribution in [3.63, 3.8) is 0 Å². The Bertz CT molecular complexity index is 682. The number of ketones is 1. The van der Waals surface area contributed by atoms with Crippen LogP contribution in [0.1, 0.15) is 42.7 Å². The predicted molar refractivity (Wildman–Crippen MR) is 81.9 cm³/mol. The van der Waals surface area contributed by atoms with Crippen molar-refractivity contribution in [2.24, 2.45) is 0 Å². The van der Waals surface area contributed by atoms with Gasteiger partial charge in [-0.1, -0.05) is 0 Å². The monoisotopic (exact) mass is 270 g/mol. The number of hydrogen-bond acceptors (Lipinski definition) is 2. The Balaban J connectivity index is 2.17. The Morgan fingerprint density at radius 3 is 2.65 bits per heavy atom. The van der Waals surface area contributed by atoms with E-state index in [1.807, 2.05) is 0 Å². The Kier molecular flexibility index (Phi) is 3.38. The molecule has 0 saturated heterocycles. The van der Waals surface area contributed by atoms with Crippen LogP contribution in [0, 0.1) is 6.92 Å². The highest BCUT2D eigenvalue weighted by molar-refractivity contribution is 5.88. The average Bonchev–Trinajstić information content (AvgIpc) is 2.95. The van der Waals surface area contributed by atoms with Crippen molar-refractivity contribution < 1.29 is 4.79 Å². The molecule has 0 saturated carbocycles. The zero-order chi connectivity index (χ0) is 14.3. The van der Waals surface area contributed by atoms with E-state index in [4.69, 9.17) is 0 Å². The molecule has 0 bridgehead atoms. The van der Waals surface area contributed by atoms with Gasteiger partial charge in [-0.2, -0.15) is 0 Å². The SMILES string of the molecule is CCn1c(C)c(CCC(C)=O)c2cc3c(cc21)CNC3. The lowest BCUT2D eigenvalue weighted by atomic mass is 10.0. The van der Waals surface area contributed by atoms with Crippen molar-refractivity contribution in [2.45, 2.75) is 53.2 Å². The molecule has 2 heterocycles. The van der Waals surface area contributed by atoms with E-state index in [1.54, 1.807) is 6.92 Å². The molecule has 3 rings (SSSR count). The maximum absolute atomic E-state index is 11.3. The van der Waals surface area contributed by atoms with E-state index in [1.165, 1.54) is 33.3 Å². The fourth-order valence-corrected chi connectivity index (χ4v) is 3.36. The molecule has 1 aromatic carbocycles. The summed E-state index contributed by atoms with van der Waals surface area (Å²) in [5.74, 6) is 0.268. The van der Waals surface area contributed by atoms with Crippen LogP contribution in [0.2, 0.25) is 0 Å². The van der Waals surface area contributed by atoms with Crippen LogP contribution in [0.25, 0.3) is 10.9 Å². The van der Waals surface area contributed by atoms with E-state index in [0.717, 1.165) is 26.1 Å². The third-order valence-corrected chi connectivity index (χ3v) is 4.45. The highest BCUT2D eigenvalue weighted by Gasteiger charge is 2.18. The van der Waals surface area contributed by atoms with Gasteiger partial charge in [0, 0.05) is 42.7 Å². The molecule has 2 aromatic rings. The highest BCUT2D eigenvalue weighted by Crippen LogP contribution is 2.31. The minimum atomic E-state index is 0.268. The summed E-state index contributed by atoms with van der Waals surface area (Å²) in [6, 6.07) is 4.66. The summed E-state index contributed by atoms with van der Waals surface area (Å²) in [5.41, 5.74) is 6.83. The molecule has 1 aromatic heterocycles. The van der Waals surface area contributed by atoms with Gasteiger partial charge in [-0.25, -0.2) is 0 Å². The molecule has 3 nitrogen and oxygen atoms in total. The first-order valence-electron chi connectivity index (χ1n) is 7.45. The summed E-state index contributed by atoms with van der Waals surface area (Å²) < 4.78 is 2.38. The summed E-state index contributed by atoms with van der Waals surface area (Å²) in [4.78, 5) is 11.3. The molecule has 0 spiro atoms. The number of rotatable bonds is 4. The Morgan fingerprint density at radius 1 is 1.30 bits per heavy atom. The van der Waals surface area contributed by atoms with Crippen LogP contribution in [-0.2, 0) is 30.8 Å². The van der Waals surface area contributed by atoms with Gasteiger partial charge in [0.05, 0.1) is 0 Å². The number of aromatic nitrogens is 1. The van der Waals surface area contributed by atoms with Crippen molar-refractivity contribution in [1.29, 1.82) is 0 Å². The number of benzene rings is 1. The van der Waals surface area contributed by atoms with Gasteiger partial charge in [-0.3, -0.25) is 0 Å². The van der Waals surface area contributed by atoms with E-state index in [-0.39, 0.29) is 5.78 Å². The smallest absolute Gasteiger partial charge is 0.130 e. The van der Waals surface area contributed by atoms with Gasteiger partial charge in [-0.05, 0) is 56.0 Å².